The van der Waals surface area contributed by atoms with Gasteiger partial charge in [-0.2, -0.15) is 15.0 Å². The maximum absolute atomic E-state index is 5.64. The van der Waals surface area contributed by atoms with Crippen LogP contribution in [-0.4, -0.2) is 60.1 Å². The van der Waals surface area contributed by atoms with Crippen LogP contribution >= 0.6 is 0 Å². The Bertz CT molecular complexity index is 362. The largest absolute Gasteiger partial charge is 0.368 e. The van der Waals surface area contributed by atoms with Gasteiger partial charge in [0.1, 0.15) is 0 Å². The summed E-state index contributed by atoms with van der Waals surface area (Å²) in [6.45, 7) is 8.12. The fourth-order valence-corrected chi connectivity index (χ4v) is 1.53. The van der Waals surface area contributed by atoms with Crippen LogP contribution in [0.25, 0.3) is 0 Å². The van der Waals surface area contributed by atoms with Crippen molar-refractivity contribution in [2.24, 2.45) is 0 Å². The SMILES string of the molecule is CCN(CC)CCNc1nc(N)nc(N(C)C)n1. The highest BCUT2D eigenvalue weighted by Gasteiger charge is 2.06. The maximum atomic E-state index is 5.64. The summed E-state index contributed by atoms with van der Waals surface area (Å²) in [7, 11) is 3.74. The molecule has 102 valence electrons. The fourth-order valence-electron chi connectivity index (χ4n) is 1.53. The molecule has 3 N–H and O–H groups in total. The highest BCUT2D eigenvalue weighted by molar-refractivity contribution is 5.40. The molecule has 1 heterocycles. The molecule has 18 heavy (non-hydrogen) atoms. The first-order chi connectivity index (χ1) is 8.56. The second kappa shape index (κ2) is 6.95. The van der Waals surface area contributed by atoms with E-state index in [-0.39, 0.29) is 5.95 Å². The zero-order chi connectivity index (χ0) is 13.5. The Labute approximate surface area is 108 Å². The van der Waals surface area contributed by atoms with E-state index in [1.54, 1.807) is 4.90 Å². The standard InChI is InChI=1S/C11H23N7/c1-5-18(6-2)8-7-13-10-14-9(12)15-11(16-10)17(3)4/h5-8H2,1-4H3,(H3,12,13,14,15,16). The molecule has 0 aliphatic heterocycles. The van der Waals surface area contributed by atoms with Gasteiger partial charge >= 0.3 is 0 Å². The Morgan fingerprint density at radius 3 is 2.33 bits per heavy atom. The number of nitrogens with zero attached hydrogens (tertiary/aromatic N) is 5. The number of rotatable bonds is 7. The number of hydrogen-bond donors (Lipinski definition) is 2. The summed E-state index contributed by atoms with van der Waals surface area (Å²) in [4.78, 5) is 16.5. The third-order valence-electron chi connectivity index (χ3n) is 2.65. The molecule has 0 fully saturated rings. The van der Waals surface area contributed by atoms with Crippen molar-refractivity contribution >= 4 is 17.8 Å². The van der Waals surface area contributed by atoms with Crippen LogP contribution in [0, 0.1) is 0 Å². The molecule has 0 aliphatic carbocycles. The van der Waals surface area contributed by atoms with Crippen molar-refractivity contribution in [3.8, 4) is 0 Å². The number of anilines is 3. The summed E-state index contributed by atoms with van der Waals surface area (Å²) >= 11 is 0. The monoisotopic (exact) mass is 253 g/mol. The van der Waals surface area contributed by atoms with E-state index in [0.717, 1.165) is 26.2 Å². The smallest absolute Gasteiger partial charge is 0.231 e. The van der Waals surface area contributed by atoms with Crippen molar-refractivity contribution in [3.05, 3.63) is 0 Å². The van der Waals surface area contributed by atoms with Gasteiger partial charge in [0.2, 0.25) is 17.8 Å². The minimum atomic E-state index is 0.235. The summed E-state index contributed by atoms with van der Waals surface area (Å²) in [5, 5.41) is 3.17. The number of nitrogen functional groups attached to an aromatic ring is 1. The molecule has 0 saturated carbocycles. The zero-order valence-corrected chi connectivity index (χ0v) is 11.6. The first kappa shape index (κ1) is 14.4. The maximum Gasteiger partial charge on any atom is 0.231 e. The van der Waals surface area contributed by atoms with E-state index in [1.807, 2.05) is 14.1 Å². The molecule has 7 heteroatoms. The van der Waals surface area contributed by atoms with Gasteiger partial charge in [0, 0.05) is 27.2 Å². The number of nitrogens with one attached hydrogen (secondary N) is 1. The summed E-state index contributed by atoms with van der Waals surface area (Å²) in [6, 6.07) is 0. The van der Waals surface area contributed by atoms with Gasteiger partial charge in [0.05, 0.1) is 0 Å². The van der Waals surface area contributed by atoms with Crippen LogP contribution in [0.5, 0.6) is 0 Å². The molecular formula is C11H23N7. The second-order valence-electron chi connectivity index (χ2n) is 4.17. The molecule has 0 aromatic carbocycles. The van der Waals surface area contributed by atoms with E-state index in [0.29, 0.717) is 11.9 Å². The lowest BCUT2D eigenvalue weighted by Crippen LogP contribution is -2.29. The molecule has 7 nitrogen and oxygen atoms in total. The van der Waals surface area contributed by atoms with Gasteiger partial charge in [-0.3, -0.25) is 0 Å². The van der Waals surface area contributed by atoms with Gasteiger partial charge in [-0.15, -0.1) is 0 Å². The molecule has 0 spiro atoms. The van der Waals surface area contributed by atoms with E-state index in [4.69, 9.17) is 5.73 Å². The van der Waals surface area contributed by atoms with Crippen LogP contribution in [0.1, 0.15) is 13.8 Å². The normalized spacial score (nSPS) is 10.7. The predicted octanol–water partition coefficient (Wildman–Crippen LogP) is 0.274. The van der Waals surface area contributed by atoms with E-state index < -0.39 is 0 Å². The van der Waals surface area contributed by atoms with E-state index in [9.17, 15) is 0 Å². The lowest BCUT2D eigenvalue weighted by atomic mass is 10.4. The molecule has 1 aromatic rings. The Morgan fingerprint density at radius 2 is 1.78 bits per heavy atom. The van der Waals surface area contributed by atoms with Gasteiger partial charge in [-0.25, -0.2) is 0 Å². The van der Waals surface area contributed by atoms with Crippen LogP contribution < -0.4 is 16.0 Å². The summed E-state index contributed by atoms with van der Waals surface area (Å²) in [5.41, 5.74) is 5.64. The van der Waals surface area contributed by atoms with Crippen LogP contribution in [-0.2, 0) is 0 Å². The highest BCUT2D eigenvalue weighted by atomic mass is 15.3. The minimum Gasteiger partial charge on any atom is -0.368 e. The molecule has 1 rings (SSSR count). The average Bonchev–Trinajstić information content (AvgIpc) is 2.34. The van der Waals surface area contributed by atoms with Crippen LogP contribution in [0.3, 0.4) is 0 Å². The van der Waals surface area contributed by atoms with Crippen molar-refractivity contribution in [1.29, 1.82) is 0 Å². The summed E-state index contributed by atoms with van der Waals surface area (Å²) < 4.78 is 0. The number of likely N-dealkylation sites (N-methyl/N-ethyl adjacent to an activating group) is 1. The van der Waals surface area contributed by atoms with E-state index in [2.05, 4.69) is 39.0 Å². The lowest BCUT2D eigenvalue weighted by molar-refractivity contribution is 0.316. The molecule has 0 aliphatic rings. The topological polar surface area (TPSA) is 83.2 Å². The molecule has 1 aromatic heterocycles. The highest BCUT2D eigenvalue weighted by Crippen LogP contribution is 2.08. The van der Waals surface area contributed by atoms with Crippen molar-refractivity contribution in [1.82, 2.24) is 19.9 Å². The van der Waals surface area contributed by atoms with E-state index >= 15 is 0 Å². The fraction of sp³-hybridized carbons (Fsp3) is 0.727. The van der Waals surface area contributed by atoms with Gasteiger partial charge in [0.15, 0.2) is 0 Å². The van der Waals surface area contributed by atoms with Crippen molar-refractivity contribution < 1.29 is 0 Å². The molecular weight excluding hydrogens is 230 g/mol. The Hall–Kier alpha value is -1.63. The minimum absolute atomic E-state index is 0.235. The molecule has 0 atom stereocenters. The second-order valence-corrected chi connectivity index (χ2v) is 4.17. The van der Waals surface area contributed by atoms with Crippen LogP contribution in [0.4, 0.5) is 17.8 Å². The quantitative estimate of drug-likeness (QED) is 0.721. The first-order valence-electron chi connectivity index (χ1n) is 6.21. The molecule has 0 unspecified atom stereocenters. The summed E-state index contributed by atoms with van der Waals surface area (Å²) in [6.07, 6.45) is 0. The van der Waals surface area contributed by atoms with Crippen LogP contribution in [0.2, 0.25) is 0 Å². The third kappa shape index (κ3) is 4.33. The average molecular weight is 253 g/mol. The third-order valence-corrected chi connectivity index (χ3v) is 2.65. The van der Waals surface area contributed by atoms with Crippen molar-refractivity contribution in [2.75, 3.05) is 56.2 Å². The Morgan fingerprint density at radius 1 is 1.11 bits per heavy atom. The van der Waals surface area contributed by atoms with Crippen molar-refractivity contribution in [3.63, 3.8) is 0 Å². The van der Waals surface area contributed by atoms with Crippen LogP contribution in [0.15, 0.2) is 0 Å². The van der Waals surface area contributed by atoms with E-state index in [1.165, 1.54) is 0 Å². The zero-order valence-electron chi connectivity index (χ0n) is 11.6. The van der Waals surface area contributed by atoms with Gasteiger partial charge in [-0.1, -0.05) is 13.8 Å². The molecule has 0 saturated heterocycles. The van der Waals surface area contributed by atoms with Gasteiger partial charge in [-0.05, 0) is 13.1 Å². The van der Waals surface area contributed by atoms with Gasteiger partial charge < -0.3 is 20.9 Å². The van der Waals surface area contributed by atoms with Gasteiger partial charge in [0.25, 0.3) is 0 Å². The Kier molecular flexibility index (Phi) is 5.57. The first-order valence-corrected chi connectivity index (χ1v) is 6.21. The predicted molar refractivity (Wildman–Crippen MR) is 74.8 cm³/mol. The number of nitrogens with two attached hydrogens (primary N) is 1. The summed E-state index contributed by atoms with van der Waals surface area (Å²) in [5.74, 6) is 1.32. The Balaban J connectivity index is 2.56. The lowest BCUT2D eigenvalue weighted by Gasteiger charge is -2.18. The van der Waals surface area contributed by atoms with Crippen molar-refractivity contribution in [2.45, 2.75) is 13.8 Å². The number of aromatic nitrogens is 3. The molecule has 0 bridgehead atoms. The number of hydrogen-bond acceptors (Lipinski definition) is 7. The molecule has 0 radical (unpaired) electrons. The molecule has 0 amide bonds.